The average molecular weight is 627 g/mol. The van der Waals surface area contributed by atoms with Crippen LogP contribution in [0.25, 0.3) is 10.9 Å². The Hall–Kier alpha value is -1.45. The van der Waals surface area contributed by atoms with Crippen LogP contribution in [0.2, 0.25) is 0 Å². The predicted octanol–water partition coefficient (Wildman–Crippen LogP) is 1.12. The molecule has 0 bridgehead atoms. The molecule has 0 amide bonds. The molecule has 1 saturated carbocycles. The van der Waals surface area contributed by atoms with Crippen molar-refractivity contribution in [3.8, 4) is 11.5 Å². The summed E-state index contributed by atoms with van der Waals surface area (Å²) in [4.78, 5) is 15.1. The van der Waals surface area contributed by atoms with Gasteiger partial charge < -0.3 is 49.1 Å². The topological polar surface area (TPSA) is 160 Å². The van der Waals surface area contributed by atoms with Crippen LogP contribution >= 0.6 is 31.9 Å². The number of fused-ring (bicyclic) bond motifs is 1. The van der Waals surface area contributed by atoms with E-state index in [-0.39, 0.29) is 26.2 Å². The molecule has 0 saturated heterocycles. The van der Waals surface area contributed by atoms with Crippen molar-refractivity contribution in [3.63, 3.8) is 0 Å². The third-order valence-corrected chi connectivity index (χ3v) is 6.97. The summed E-state index contributed by atoms with van der Waals surface area (Å²) in [7, 11) is 1.19. The quantitative estimate of drug-likeness (QED) is 0.171. The molecule has 11 nitrogen and oxygen atoms in total. The molecule has 0 unspecified atom stereocenters. The van der Waals surface area contributed by atoms with Crippen LogP contribution < -0.4 is 9.47 Å². The Morgan fingerprint density at radius 1 is 1.06 bits per heavy atom. The highest BCUT2D eigenvalue weighted by Gasteiger charge is 2.47. The summed E-state index contributed by atoms with van der Waals surface area (Å²) in [6.45, 7) is 1.56. The molecule has 1 aromatic carbocycles. The maximum absolute atomic E-state index is 12.0. The monoisotopic (exact) mass is 625 g/mol. The molecule has 5 N–H and O–H groups in total. The smallest absolute Gasteiger partial charge is 0.311 e. The third-order valence-electron chi connectivity index (χ3n) is 5.62. The summed E-state index contributed by atoms with van der Waals surface area (Å²) < 4.78 is 28.4. The highest BCUT2D eigenvalue weighted by molar-refractivity contribution is 9.11. The van der Waals surface area contributed by atoms with Gasteiger partial charge in [-0.25, -0.2) is 0 Å². The van der Waals surface area contributed by atoms with E-state index in [1.165, 1.54) is 7.11 Å². The van der Waals surface area contributed by atoms with Crippen molar-refractivity contribution in [1.29, 1.82) is 0 Å². The number of aromatic amines is 1. The van der Waals surface area contributed by atoms with E-state index >= 15 is 0 Å². The van der Waals surface area contributed by atoms with Crippen molar-refractivity contribution in [3.05, 3.63) is 21.2 Å². The van der Waals surface area contributed by atoms with Crippen LogP contribution in [-0.4, -0.2) is 103 Å². The van der Waals surface area contributed by atoms with Crippen LogP contribution in [0, 0.1) is 5.92 Å². The van der Waals surface area contributed by atoms with E-state index in [2.05, 4.69) is 36.8 Å². The molecule has 1 aliphatic rings. The standard InChI is InChI=1S/C22H29Br2NO10/c1-31-22(30)11-8-14(19(28)20(29)18(11)27)35-15-10-25-13-9-12(23)21(17(24)16(13)15)34-7-6-33-5-4-32-3-2-26/h9-11,14,18-20,25-29H,2-8H2,1H3/t11-,14+,18+,19-,20-/m0/s1. The Bertz CT molecular complexity index is 987. The molecule has 1 fully saturated rings. The Morgan fingerprint density at radius 2 is 1.74 bits per heavy atom. The van der Waals surface area contributed by atoms with Crippen LogP contribution in [0.5, 0.6) is 11.5 Å². The number of carbonyl (C=O) groups is 1. The summed E-state index contributed by atoms with van der Waals surface area (Å²) in [6.07, 6.45) is -3.88. The number of aromatic nitrogens is 1. The van der Waals surface area contributed by atoms with E-state index in [1.807, 2.05) is 0 Å². The van der Waals surface area contributed by atoms with Crippen molar-refractivity contribution >= 4 is 48.7 Å². The minimum absolute atomic E-state index is 0.0351. The largest absolute Gasteiger partial charge is 0.489 e. The first-order valence-electron chi connectivity index (χ1n) is 11.0. The molecule has 196 valence electrons. The molecular formula is C22H29Br2NO10. The van der Waals surface area contributed by atoms with Crippen LogP contribution in [0.1, 0.15) is 6.42 Å². The van der Waals surface area contributed by atoms with Gasteiger partial charge in [0.05, 0.1) is 72.0 Å². The van der Waals surface area contributed by atoms with Crippen molar-refractivity contribution < 1.29 is 48.9 Å². The van der Waals surface area contributed by atoms with Gasteiger partial charge in [0.1, 0.15) is 36.4 Å². The Balaban J connectivity index is 1.71. The number of ether oxygens (including phenoxy) is 5. The first-order valence-corrected chi connectivity index (χ1v) is 12.6. The number of H-pyrrole nitrogens is 1. The van der Waals surface area contributed by atoms with Crippen LogP contribution in [0.3, 0.4) is 0 Å². The molecule has 3 rings (SSSR count). The number of nitrogens with one attached hydrogen (secondary N) is 1. The lowest BCUT2D eigenvalue weighted by molar-refractivity contribution is -0.177. The van der Waals surface area contributed by atoms with Crippen LogP contribution in [-0.2, 0) is 19.0 Å². The number of carbonyl (C=O) groups excluding carboxylic acids is 1. The zero-order valence-corrected chi connectivity index (χ0v) is 22.2. The Labute approximate surface area is 218 Å². The van der Waals surface area contributed by atoms with Gasteiger partial charge in [-0.15, -0.1) is 0 Å². The third kappa shape index (κ3) is 6.66. The van der Waals surface area contributed by atoms with E-state index in [4.69, 9.17) is 28.8 Å². The fourth-order valence-electron chi connectivity index (χ4n) is 3.84. The fourth-order valence-corrected chi connectivity index (χ4v) is 5.39. The van der Waals surface area contributed by atoms with Gasteiger partial charge in [-0.3, -0.25) is 4.79 Å². The molecule has 2 aromatic rings. The predicted molar refractivity (Wildman–Crippen MR) is 130 cm³/mol. The molecule has 0 spiro atoms. The molecule has 1 heterocycles. The van der Waals surface area contributed by atoms with Gasteiger partial charge in [0.2, 0.25) is 0 Å². The van der Waals surface area contributed by atoms with Gasteiger partial charge in [0, 0.05) is 12.6 Å². The number of hydrogen-bond donors (Lipinski definition) is 5. The van der Waals surface area contributed by atoms with E-state index in [1.54, 1.807) is 12.3 Å². The average Bonchev–Trinajstić information content (AvgIpc) is 3.24. The molecule has 5 atom stereocenters. The molecule has 1 aliphatic carbocycles. The molecule has 35 heavy (non-hydrogen) atoms. The number of methoxy groups -OCH3 is 1. The van der Waals surface area contributed by atoms with Gasteiger partial charge in [0.15, 0.2) is 0 Å². The first kappa shape index (κ1) is 28.1. The number of hydrogen-bond acceptors (Lipinski definition) is 10. The summed E-state index contributed by atoms with van der Waals surface area (Å²) in [6, 6.07) is 1.80. The zero-order chi connectivity index (χ0) is 25.5. The first-order chi connectivity index (χ1) is 16.8. The number of rotatable bonds is 12. The lowest BCUT2D eigenvalue weighted by atomic mass is 9.80. The molecule has 13 heteroatoms. The van der Waals surface area contributed by atoms with E-state index in [9.17, 15) is 20.1 Å². The minimum Gasteiger partial charge on any atom is -0.489 e. The molecule has 1 aromatic heterocycles. The van der Waals surface area contributed by atoms with Gasteiger partial charge in [-0.05, 0) is 37.9 Å². The highest BCUT2D eigenvalue weighted by Crippen LogP contribution is 2.44. The summed E-state index contributed by atoms with van der Waals surface area (Å²) in [5.41, 5.74) is 0.707. The number of aliphatic hydroxyl groups is 4. The van der Waals surface area contributed by atoms with Gasteiger partial charge in [-0.2, -0.15) is 0 Å². The van der Waals surface area contributed by atoms with Gasteiger partial charge >= 0.3 is 5.97 Å². The number of esters is 1. The molecule has 0 radical (unpaired) electrons. The lowest BCUT2D eigenvalue weighted by Crippen LogP contribution is -2.57. The Kier molecular flexibility index (Phi) is 10.6. The summed E-state index contributed by atoms with van der Waals surface area (Å²) >= 11 is 7.05. The van der Waals surface area contributed by atoms with Gasteiger partial charge in [0.25, 0.3) is 0 Å². The second-order valence-corrected chi connectivity index (χ2v) is 9.51. The van der Waals surface area contributed by atoms with E-state index < -0.39 is 36.3 Å². The fraction of sp³-hybridized carbons (Fsp3) is 0.591. The second-order valence-electron chi connectivity index (χ2n) is 7.87. The van der Waals surface area contributed by atoms with E-state index in [0.29, 0.717) is 51.2 Å². The number of benzene rings is 1. The lowest BCUT2D eigenvalue weighted by Gasteiger charge is -2.38. The summed E-state index contributed by atoms with van der Waals surface area (Å²) in [5.74, 6) is -0.870. The highest BCUT2D eigenvalue weighted by atomic mass is 79.9. The normalized spacial score (nSPS) is 24.5. The maximum atomic E-state index is 12.0. The summed E-state index contributed by atoms with van der Waals surface area (Å²) in [5, 5.41) is 40.2. The van der Waals surface area contributed by atoms with Crippen molar-refractivity contribution in [1.82, 2.24) is 4.98 Å². The second kappa shape index (κ2) is 13.2. The number of aliphatic hydroxyl groups excluding tert-OH is 4. The van der Waals surface area contributed by atoms with E-state index in [0.717, 1.165) is 0 Å². The van der Waals surface area contributed by atoms with Crippen molar-refractivity contribution in [2.45, 2.75) is 30.8 Å². The minimum atomic E-state index is -1.58. The SMILES string of the molecule is COC(=O)[C@H]1C[C@@H](Oc2c[nH]c3cc(Br)c(OCCOCCOCCO)c(Br)c23)[C@H](O)[C@@H](O)[C@@H]1O. The zero-order valence-electron chi connectivity index (χ0n) is 19.0. The molecular weight excluding hydrogens is 598 g/mol. The van der Waals surface area contributed by atoms with Gasteiger partial charge in [-0.1, -0.05) is 0 Å². The molecule has 0 aliphatic heterocycles. The van der Waals surface area contributed by atoms with Crippen molar-refractivity contribution in [2.24, 2.45) is 5.92 Å². The van der Waals surface area contributed by atoms with Crippen LogP contribution in [0.15, 0.2) is 21.2 Å². The van der Waals surface area contributed by atoms with Crippen LogP contribution in [0.4, 0.5) is 0 Å². The number of halogens is 2. The van der Waals surface area contributed by atoms with Crippen molar-refractivity contribution in [2.75, 3.05) is 46.8 Å². The Morgan fingerprint density at radius 3 is 2.43 bits per heavy atom. The maximum Gasteiger partial charge on any atom is 0.311 e.